The van der Waals surface area contributed by atoms with Gasteiger partial charge >= 0.3 is 0 Å². The number of piperidine rings is 1. The van der Waals surface area contributed by atoms with Gasteiger partial charge in [-0.15, -0.1) is 0 Å². The van der Waals surface area contributed by atoms with Gasteiger partial charge in [0, 0.05) is 19.1 Å². The molecule has 106 valence electrons. The van der Waals surface area contributed by atoms with E-state index in [4.69, 9.17) is 0 Å². The number of β-amino-alcohol motifs (C(OH)–C–C–N with tert-alkyl or cyclic N) is 1. The van der Waals surface area contributed by atoms with Crippen LogP contribution in [-0.2, 0) is 0 Å². The number of hydrogen-bond donors (Lipinski definition) is 2. The normalized spacial score (nSPS) is 37.7. The van der Waals surface area contributed by atoms with E-state index < -0.39 is 0 Å². The highest BCUT2D eigenvalue weighted by Gasteiger charge is 2.35. The van der Waals surface area contributed by atoms with Crippen molar-refractivity contribution < 1.29 is 5.11 Å². The number of nitrogens with one attached hydrogen (secondary N) is 1. The molecule has 2 fully saturated rings. The van der Waals surface area contributed by atoms with Gasteiger partial charge < -0.3 is 15.3 Å². The van der Waals surface area contributed by atoms with Crippen molar-refractivity contribution in [3.05, 3.63) is 0 Å². The lowest BCUT2D eigenvalue weighted by molar-refractivity contribution is 0.0409. The average molecular weight is 254 g/mol. The molecule has 0 aromatic heterocycles. The van der Waals surface area contributed by atoms with Crippen LogP contribution in [0.1, 0.15) is 46.0 Å². The minimum Gasteiger partial charge on any atom is -0.392 e. The molecule has 3 heteroatoms. The molecule has 0 bridgehead atoms. The van der Waals surface area contributed by atoms with Gasteiger partial charge in [-0.25, -0.2) is 0 Å². The third-order valence-electron chi connectivity index (χ3n) is 4.86. The highest BCUT2D eigenvalue weighted by atomic mass is 16.3. The number of nitrogens with zero attached hydrogens (tertiary/aromatic N) is 1. The standard InChI is InChI=1S/C15H30N2O/c1-15(2)7-6-14(16-3)12(9-15)10-17-8-4-5-13(18)11-17/h12-14,16,18H,4-11H2,1-3H3. The van der Waals surface area contributed by atoms with Gasteiger partial charge in [0.2, 0.25) is 0 Å². The molecule has 1 aliphatic heterocycles. The van der Waals surface area contributed by atoms with Gasteiger partial charge in [0.15, 0.2) is 0 Å². The molecule has 2 aliphatic rings. The second kappa shape index (κ2) is 5.89. The van der Waals surface area contributed by atoms with Crippen molar-refractivity contribution in [1.29, 1.82) is 0 Å². The molecular formula is C15H30N2O. The molecule has 3 atom stereocenters. The molecule has 0 aromatic rings. The molecule has 2 N–H and O–H groups in total. The van der Waals surface area contributed by atoms with E-state index in [-0.39, 0.29) is 6.10 Å². The van der Waals surface area contributed by atoms with E-state index in [1.54, 1.807) is 0 Å². The SMILES string of the molecule is CNC1CCC(C)(C)CC1CN1CCCC(O)C1. The summed E-state index contributed by atoms with van der Waals surface area (Å²) in [6.45, 7) is 8.01. The largest absolute Gasteiger partial charge is 0.392 e. The van der Waals surface area contributed by atoms with Crippen molar-refractivity contribution in [2.45, 2.75) is 58.1 Å². The van der Waals surface area contributed by atoms with E-state index >= 15 is 0 Å². The summed E-state index contributed by atoms with van der Waals surface area (Å²) in [6, 6.07) is 0.664. The van der Waals surface area contributed by atoms with Crippen LogP contribution in [0.5, 0.6) is 0 Å². The molecule has 0 aromatic carbocycles. The van der Waals surface area contributed by atoms with Gasteiger partial charge in [-0.05, 0) is 57.0 Å². The van der Waals surface area contributed by atoms with Crippen LogP contribution in [0.25, 0.3) is 0 Å². The van der Waals surface area contributed by atoms with E-state index in [0.717, 1.165) is 31.8 Å². The summed E-state index contributed by atoms with van der Waals surface area (Å²) in [7, 11) is 2.10. The predicted molar refractivity (Wildman–Crippen MR) is 75.7 cm³/mol. The molecule has 2 rings (SSSR count). The summed E-state index contributed by atoms with van der Waals surface area (Å²) in [4.78, 5) is 2.48. The van der Waals surface area contributed by atoms with Crippen LogP contribution in [-0.4, -0.2) is 48.8 Å². The zero-order chi connectivity index (χ0) is 13.2. The van der Waals surface area contributed by atoms with Crippen molar-refractivity contribution in [2.75, 3.05) is 26.7 Å². The molecule has 1 heterocycles. The van der Waals surface area contributed by atoms with Gasteiger partial charge in [0.1, 0.15) is 0 Å². The van der Waals surface area contributed by atoms with Gasteiger partial charge in [0.05, 0.1) is 6.10 Å². The minimum atomic E-state index is -0.0941. The summed E-state index contributed by atoms with van der Waals surface area (Å²) >= 11 is 0. The topological polar surface area (TPSA) is 35.5 Å². The van der Waals surface area contributed by atoms with Crippen LogP contribution in [0.4, 0.5) is 0 Å². The van der Waals surface area contributed by atoms with Crippen molar-refractivity contribution >= 4 is 0 Å². The Morgan fingerprint density at radius 1 is 1.33 bits per heavy atom. The Labute approximate surface area is 112 Å². The lowest BCUT2D eigenvalue weighted by Crippen LogP contribution is -2.49. The average Bonchev–Trinajstić information content (AvgIpc) is 2.28. The third-order valence-corrected chi connectivity index (χ3v) is 4.86. The van der Waals surface area contributed by atoms with Crippen LogP contribution < -0.4 is 5.32 Å². The zero-order valence-electron chi connectivity index (χ0n) is 12.3. The maximum absolute atomic E-state index is 9.78. The lowest BCUT2D eigenvalue weighted by atomic mass is 9.69. The molecule has 0 spiro atoms. The second-order valence-electron chi connectivity index (χ2n) is 7.12. The van der Waals surface area contributed by atoms with Gasteiger partial charge in [-0.2, -0.15) is 0 Å². The van der Waals surface area contributed by atoms with E-state index in [0.29, 0.717) is 11.5 Å². The van der Waals surface area contributed by atoms with Crippen LogP contribution in [0.15, 0.2) is 0 Å². The highest BCUT2D eigenvalue weighted by molar-refractivity contribution is 4.90. The Bertz CT molecular complexity index is 267. The fourth-order valence-corrected chi connectivity index (χ4v) is 3.84. The lowest BCUT2D eigenvalue weighted by Gasteiger charge is -2.43. The van der Waals surface area contributed by atoms with E-state index in [9.17, 15) is 5.11 Å². The number of likely N-dealkylation sites (tertiary alicyclic amines) is 1. The first-order valence-electron chi connectivity index (χ1n) is 7.58. The van der Waals surface area contributed by atoms with Gasteiger partial charge in [0.25, 0.3) is 0 Å². The maximum atomic E-state index is 9.78. The molecule has 3 unspecified atom stereocenters. The van der Waals surface area contributed by atoms with Gasteiger partial charge in [-0.1, -0.05) is 13.8 Å². The van der Waals surface area contributed by atoms with E-state index in [1.807, 2.05) is 0 Å². The third kappa shape index (κ3) is 3.69. The quantitative estimate of drug-likeness (QED) is 0.807. The molecule has 1 aliphatic carbocycles. The number of aliphatic hydroxyl groups excluding tert-OH is 1. The predicted octanol–water partition coefficient (Wildman–Crippen LogP) is 1.86. The number of hydrogen-bond acceptors (Lipinski definition) is 3. The van der Waals surface area contributed by atoms with Crippen LogP contribution >= 0.6 is 0 Å². The fraction of sp³-hybridized carbons (Fsp3) is 1.00. The Kier molecular flexibility index (Phi) is 4.68. The Balaban J connectivity index is 1.91. The van der Waals surface area contributed by atoms with Crippen molar-refractivity contribution in [3.63, 3.8) is 0 Å². The summed E-state index contributed by atoms with van der Waals surface area (Å²) in [5.41, 5.74) is 0.492. The Hall–Kier alpha value is -0.120. The Morgan fingerprint density at radius 3 is 2.78 bits per heavy atom. The van der Waals surface area contributed by atoms with Crippen molar-refractivity contribution in [1.82, 2.24) is 10.2 Å². The first kappa shape index (κ1) is 14.3. The Morgan fingerprint density at radius 2 is 2.11 bits per heavy atom. The first-order chi connectivity index (χ1) is 8.50. The second-order valence-corrected chi connectivity index (χ2v) is 7.12. The molecule has 18 heavy (non-hydrogen) atoms. The number of rotatable bonds is 3. The van der Waals surface area contributed by atoms with Crippen molar-refractivity contribution in [3.8, 4) is 0 Å². The summed E-state index contributed by atoms with van der Waals surface area (Å²) in [5.74, 6) is 0.740. The fourth-order valence-electron chi connectivity index (χ4n) is 3.84. The molecular weight excluding hydrogens is 224 g/mol. The monoisotopic (exact) mass is 254 g/mol. The summed E-state index contributed by atoms with van der Waals surface area (Å²) in [6.07, 6.45) is 5.99. The molecule has 0 amide bonds. The zero-order valence-corrected chi connectivity index (χ0v) is 12.3. The summed E-state index contributed by atoms with van der Waals surface area (Å²) < 4.78 is 0. The van der Waals surface area contributed by atoms with Crippen LogP contribution in [0.3, 0.4) is 0 Å². The first-order valence-corrected chi connectivity index (χ1v) is 7.58. The molecule has 0 radical (unpaired) electrons. The maximum Gasteiger partial charge on any atom is 0.0667 e. The van der Waals surface area contributed by atoms with Crippen molar-refractivity contribution in [2.24, 2.45) is 11.3 Å². The molecule has 1 saturated carbocycles. The van der Waals surface area contributed by atoms with Crippen LogP contribution in [0.2, 0.25) is 0 Å². The van der Waals surface area contributed by atoms with Crippen LogP contribution in [0, 0.1) is 11.3 Å². The summed E-state index contributed by atoms with van der Waals surface area (Å²) in [5, 5.41) is 13.3. The minimum absolute atomic E-state index is 0.0941. The molecule has 3 nitrogen and oxygen atoms in total. The van der Waals surface area contributed by atoms with Gasteiger partial charge in [-0.3, -0.25) is 0 Å². The number of aliphatic hydroxyl groups is 1. The highest BCUT2D eigenvalue weighted by Crippen LogP contribution is 2.39. The van der Waals surface area contributed by atoms with E-state index in [2.05, 4.69) is 31.1 Å². The smallest absolute Gasteiger partial charge is 0.0667 e. The van der Waals surface area contributed by atoms with E-state index in [1.165, 1.54) is 25.8 Å². The molecule has 1 saturated heterocycles.